The number of nitrogens with zero attached hydrogens (tertiary/aromatic N) is 1. The van der Waals surface area contributed by atoms with Crippen LogP contribution in [0.1, 0.15) is 59.8 Å². The first-order valence-corrected chi connectivity index (χ1v) is 7.54. The van der Waals surface area contributed by atoms with Crippen molar-refractivity contribution in [1.29, 1.82) is 0 Å². The summed E-state index contributed by atoms with van der Waals surface area (Å²) in [5.41, 5.74) is 6.41. The van der Waals surface area contributed by atoms with E-state index < -0.39 is 0 Å². The first-order valence-electron chi connectivity index (χ1n) is 7.54. The summed E-state index contributed by atoms with van der Waals surface area (Å²) in [7, 11) is 0. The lowest BCUT2D eigenvalue weighted by atomic mass is 9.87. The summed E-state index contributed by atoms with van der Waals surface area (Å²) in [6.45, 7) is 12.7. The molecule has 17 heavy (non-hydrogen) atoms. The summed E-state index contributed by atoms with van der Waals surface area (Å²) in [6.07, 6.45) is 6.44. The minimum absolute atomic E-state index is 0.291. The minimum atomic E-state index is 0.291. The molecule has 2 heteroatoms. The molecule has 2 unspecified atom stereocenters. The van der Waals surface area contributed by atoms with Crippen molar-refractivity contribution in [2.24, 2.45) is 17.6 Å². The van der Waals surface area contributed by atoms with Gasteiger partial charge in [-0.2, -0.15) is 0 Å². The molecule has 0 saturated carbocycles. The van der Waals surface area contributed by atoms with E-state index >= 15 is 0 Å². The maximum Gasteiger partial charge on any atom is 0.0329 e. The molecule has 0 aromatic carbocycles. The van der Waals surface area contributed by atoms with Crippen molar-refractivity contribution in [1.82, 2.24) is 4.90 Å². The molecule has 1 aliphatic rings. The van der Waals surface area contributed by atoms with Crippen LogP contribution in [0.4, 0.5) is 0 Å². The Labute approximate surface area is 108 Å². The quantitative estimate of drug-likeness (QED) is 0.740. The predicted octanol–water partition coefficient (Wildman–Crippen LogP) is 3.26. The molecule has 102 valence electrons. The highest BCUT2D eigenvalue weighted by atomic mass is 15.2. The Kier molecular flexibility index (Phi) is 5.94. The maximum atomic E-state index is 6.12. The lowest BCUT2D eigenvalue weighted by Gasteiger charge is -2.41. The van der Waals surface area contributed by atoms with Gasteiger partial charge in [-0.3, -0.25) is 4.90 Å². The summed E-state index contributed by atoms with van der Waals surface area (Å²) in [4.78, 5) is 2.70. The van der Waals surface area contributed by atoms with Crippen molar-refractivity contribution in [3.63, 3.8) is 0 Å². The molecule has 2 nitrogen and oxygen atoms in total. The lowest BCUT2D eigenvalue weighted by molar-refractivity contribution is 0.0982. The van der Waals surface area contributed by atoms with Crippen LogP contribution < -0.4 is 5.73 Å². The SMILES string of the molecule is CCCCC(CC)(CN)N1CCC(C(C)C)C1. The first-order chi connectivity index (χ1) is 8.09. The summed E-state index contributed by atoms with van der Waals surface area (Å²) >= 11 is 0. The van der Waals surface area contributed by atoms with Crippen molar-refractivity contribution in [3.8, 4) is 0 Å². The minimum Gasteiger partial charge on any atom is -0.329 e. The second-order valence-corrected chi connectivity index (χ2v) is 6.12. The number of likely N-dealkylation sites (tertiary alicyclic amines) is 1. The Morgan fingerprint density at radius 2 is 2.06 bits per heavy atom. The van der Waals surface area contributed by atoms with Crippen molar-refractivity contribution < 1.29 is 0 Å². The fourth-order valence-electron chi connectivity index (χ4n) is 3.20. The van der Waals surface area contributed by atoms with Gasteiger partial charge in [0.25, 0.3) is 0 Å². The van der Waals surface area contributed by atoms with Crippen molar-refractivity contribution >= 4 is 0 Å². The van der Waals surface area contributed by atoms with Crippen LogP contribution in [0.5, 0.6) is 0 Å². The number of nitrogens with two attached hydrogens (primary N) is 1. The summed E-state index contributed by atoms with van der Waals surface area (Å²) < 4.78 is 0. The Hall–Kier alpha value is -0.0800. The molecule has 1 aliphatic heterocycles. The molecule has 0 radical (unpaired) electrons. The van der Waals surface area contributed by atoms with Crippen molar-refractivity contribution in [3.05, 3.63) is 0 Å². The second-order valence-electron chi connectivity index (χ2n) is 6.12. The summed E-state index contributed by atoms with van der Waals surface area (Å²) in [5, 5.41) is 0. The van der Waals surface area contributed by atoms with Gasteiger partial charge in [0.1, 0.15) is 0 Å². The number of hydrogen-bond donors (Lipinski definition) is 1. The van der Waals surface area contributed by atoms with Crippen LogP contribution in [-0.4, -0.2) is 30.1 Å². The fraction of sp³-hybridized carbons (Fsp3) is 1.00. The third-order valence-electron chi connectivity index (χ3n) is 4.87. The largest absolute Gasteiger partial charge is 0.329 e. The molecule has 0 spiro atoms. The average Bonchev–Trinajstić information content (AvgIpc) is 2.81. The van der Waals surface area contributed by atoms with E-state index in [1.807, 2.05) is 0 Å². The smallest absolute Gasteiger partial charge is 0.0329 e. The van der Waals surface area contributed by atoms with Gasteiger partial charge in [-0.15, -0.1) is 0 Å². The van der Waals surface area contributed by atoms with Crippen molar-refractivity contribution in [2.75, 3.05) is 19.6 Å². The van der Waals surface area contributed by atoms with E-state index in [1.165, 1.54) is 45.2 Å². The average molecular weight is 240 g/mol. The van der Waals surface area contributed by atoms with Gasteiger partial charge in [-0.25, -0.2) is 0 Å². The lowest BCUT2D eigenvalue weighted by Crippen LogP contribution is -2.52. The van der Waals surface area contributed by atoms with Gasteiger partial charge >= 0.3 is 0 Å². The van der Waals surface area contributed by atoms with Crippen LogP contribution in [0.2, 0.25) is 0 Å². The molecule has 0 aromatic rings. The fourth-order valence-corrected chi connectivity index (χ4v) is 3.20. The zero-order valence-corrected chi connectivity index (χ0v) is 12.3. The highest BCUT2D eigenvalue weighted by Crippen LogP contribution is 2.33. The van der Waals surface area contributed by atoms with E-state index in [-0.39, 0.29) is 0 Å². The standard InChI is InChI=1S/C15H32N2/c1-5-7-9-15(6-2,12-16)17-10-8-14(11-17)13(3)4/h13-14H,5-12,16H2,1-4H3. The Bertz CT molecular complexity index is 209. The van der Waals surface area contributed by atoms with Gasteiger partial charge in [-0.1, -0.05) is 40.5 Å². The Morgan fingerprint density at radius 1 is 1.35 bits per heavy atom. The Morgan fingerprint density at radius 3 is 2.47 bits per heavy atom. The van der Waals surface area contributed by atoms with Gasteiger partial charge in [0, 0.05) is 18.6 Å². The molecule has 1 heterocycles. The van der Waals surface area contributed by atoms with Crippen LogP contribution >= 0.6 is 0 Å². The topological polar surface area (TPSA) is 29.3 Å². The van der Waals surface area contributed by atoms with Crippen LogP contribution in [0.25, 0.3) is 0 Å². The van der Waals surface area contributed by atoms with Gasteiger partial charge in [0.05, 0.1) is 0 Å². The maximum absolute atomic E-state index is 6.12. The van der Waals surface area contributed by atoms with E-state index in [0.717, 1.165) is 18.4 Å². The van der Waals surface area contributed by atoms with Gasteiger partial charge in [0.15, 0.2) is 0 Å². The van der Waals surface area contributed by atoms with Gasteiger partial charge in [-0.05, 0) is 37.6 Å². The zero-order valence-electron chi connectivity index (χ0n) is 12.3. The first kappa shape index (κ1) is 15.0. The highest BCUT2D eigenvalue weighted by Gasteiger charge is 2.38. The monoisotopic (exact) mass is 240 g/mol. The van der Waals surface area contributed by atoms with Crippen LogP contribution in [0, 0.1) is 11.8 Å². The Balaban J connectivity index is 2.65. The zero-order chi connectivity index (χ0) is 12.9. The molecule has 0 amide bonds. The van der Waals surface area contributed by atoms with E-state index in [1.54, 1.807) is 0 Å². The van der Waals surface area contributed by atoms with Crippen molar-refractivity contribution in [2.45, 2.75) is 65.3 Å². The molecule has 0 aliphatic carbocycles. The third-order valence-corrected chi connectivity index (χ3v) is 4.87. The van der Waals surface area contributed by atoms with E-state index in [0.29, 0.717) is 5.54 Å². The van der Waals surface area contributed by atoms with E-state index in [9.17, 15) is 0 Å². The molecular formula is C15H32N2. The molecule has 2 atom stereocenters. The van der Waals surface area contributed by atoms with Crippen LogP contribution in [0.3, 0.4) is 0 Å². The van der Waals surface area contributed by atoms with Gasteiger partial charge in [0.2, 0.25) is 0 Å². The normalized spacial score (nSPS) is 25.4. The number of unbranched alkanes of at least 4 members (excludes halogenated alkanes) is 1. The van der Waals surface area contributed by atoms with Gasteiger partial charge < -0.3 is 5.73 Å². The summed E-state index contributed by atoms with van der Waals surface area (Å²) in [6, 6.07) is 0. The molecular weight excluding hydrogens is 208 g/mol. The molecule has 2 N–H and O–H groups in total. The summed E-state index contributed by atoms with van der Waals surface area (Å²) in [5.74, 6) is 1.70. The van der Waals surface area contributed by atoms with Crippen LogP contribution in [0.15, 0.2) is 0 Å². The predicted molar refractivity (Wildman–Crippen MR) is 76.1 cm³/mol. The number of hydrogen-bond acceptors (Lipinski definition) is 2. The molecule has 1 fully saturated rings. The molecule has 1 rings (SSSR count). The van der Waals surface area contributed by atoms with E-state index in [2.05, 4.69) is 32.6 Å². The number of rotatable bonds is 7. The highest BCUT2D eigenvalue weighted by molar-refractivity contribution is 4.95. The van der Waals surface area contributed by atoms with E-state index in [4.69, 9.17) is 5.73 Å². The van der Waals surface area contributed by atoms with Crippen LogP contribution in [-0.2, 0) is 0 Å². The molecule has 1 saturated heterocycles. The third kappa shape index (κ3) is 3.45. The molecule has 0 bridgehead atoms. The second kappa shape index (κ2) is 6.75. The molecule has 0 aromatic heterocycles.